The number of amides is 3. The number of carbonyl (C=O) groups excluding carboxylic acids is 2. The van der Waals surface area contributed by atoms with Crippen LogP contribution in [-0.2, 0) is 11.0 Å². The third-order valence-electron chi connectivity index (χ3n) is 3.90. The first-order chi connectivity index (χ1) is 14.2. The van der Waals surface area contributed by atoms with E-state index in [9.17, 15) is 22.8 Å². The van der Waals surface area contributed by atoms with Gasteiger partial charge in [0.2, 0.25) is 11.0 Å². The van der Waals surface area contributed by atoms with Crippen molar-refractivity contribution < 1.29 is 22.8 Å². The topological polar surface area (TPSA) is 96.0 Å². The highest BCUT2D eigenvalue weighted by atomic mass is 32.1. The lowest BCUT2D eigenvalue weighted by molar-refractivity contribution is -0.137. The highest BCUT2D eigenvalue weighted by molar-refractivity contribution is 7.18. The molecule has 0 radical (unpaired) electrons. The van der Waals surface area contributed by atoms with Crippen molar-refractivity contribution >= 4 is 34.1 Å². The number of anilines is 2. The Hall–Kier alpha value is -3.47. The predicted molar refractivity (Wildman–Crippen MR) is 107 cm³/mol. The minimum absolute atomic E-state index is 0.232. The normalized spacial score (nSPS) is 12.1. The molecule has 0 saturated carbocycles. The van der Waals surface area contributed by atoms with Gasteiger partial charge in [-0.3, -0.25) is 10.1 Å². The maximum atomic E-state index is 13.0. The van der Waals surface area contributed by atoms with Crippen LogP contribution < -0.4 is 16.0 Å². The Labute approximate surface area is 173 Å². The maximum Gasteiger partial charge on any atom is 0.418 e. The molecule has 0 aliphatic heterocycles. The lowest BCUT2D eigenvalue weighted by Crippen LogP contribution is -2.43. The van der Waals surface area contributed by atoms with Crippen LogP contribution in [0.25, 0.3) is 10.6 Å². The molecule has 0 bridgehead atoms. The van der Waals surface area contributed by atoms with Crippen LogP contribution in [0, 0.1) is 0 Å². The van der Waals surface area contributed by atoms with Crippen LogP contribution in [0.3, 0.4) is 0 Å². The quantitative estimate of drug-likeness (QED) is 0.554. The second kappa shape index (κ2) is 8.91. The van der Waals surface area contributed by atoms with Crippen LogP contribution in [0.1, 0.15) is 12.5 Å². The summed E-state index contributed by atoms with van der Waals surface area (Å²) in [5.41, 5.74) is -0.560. The lowest BCUT2D eigenvalue weighted by atomic mass is 10.1. The smallest absolute Gasteiger partial charge is 0.326 e. The number of para-hydroxylation sites is 1. The summed E-state index contributed by atoms with van der Waals surface area (Å²) < 4.78 is 39.0. The summed E-state index contributed by atoms with van der Waals surface area (Å²) in [5, 5.41) is 15.6. The minimum atomic E-state index is -4.62. The van der Waals surface area contributed by atoms with Gasteiger partial charge in [0.25, 0.3) is 0 Å². The molecular formula is C19H16F3N5O2S. The number of urea groups is 1. The van der Waals surface area contributed by atoms with Gasteiger partial charge in [0.15, 0.2) is 0 Å². The van der Waals surface area contributed by atoms with Crippen molar-refractivity contribution in [3.8, 4) is 10.6 Å². The number of hydrogen-bond acceptors (Lipinski definition) is 5. The average Bonchev–Trinajstić information content (AvgIpc) is 3.16. The van der Waals surface area contributed by atoms with Gasteiger partial charge >= 0.3 is 12.2 Å². The monoisotopic (exact) mass is 435 g/mol. The van der Waals surface area contributed by atoms with E-state index in [-0.39, 0.29) is 5.13 Å². The molecule has 1 unspecified atom stereocenters. The Kier molecular flexibility index (Phi) is 6.31. The molecule has 3 N–H and O–H groups in total. The van der Waals surface area contributed by atoms with Crippen LogP contribution in [0.2, 0.25) is 0 Å². The van der Waals surface area contributed by atoms with E-state index >= 15 is 0 Å². The Bertz CT molecular complexity index is 1040. The first kappa shape index (κ1) is 21.2. The van der Waals surface area contributed by atoms with Crippen LogP contribution in [0.4, 0.5) is 28.8 Å². The van der Waals surface area contributed by atoms with Gasteiger partial charge in [-0.05, 0) is 19.1 Å². The van der Waals surface area contributed by atoms with Crippen molar-refractivity contribution in [2.24, 2.45) is 0 Å². The fraction of sp³-hybridized carbons (Fsp3) is 0.158. The molecule has 0 saturated heterocycles. The molecular weight excluding hydrogens is 419 g/mol. The molecule has 0 aliphatic carbocycles. The van der Waals surface area contributed by atoms with Crippen molar-refractivity contribution in [2.75, 3.05) is 10.6 Å². The van der Waals surface area contributed by atoms with E-state index in [0.717, 1.165) is 29.0 Å². The van der Waals surface area contributed by atoms with E-state index in [2.05, 4.69) is 26.1 Å². The zero-order chi connectivity index (χ0) is 21.7. The summed E-state index contributed by atoms with van der Waals surface area (Å²) in [6, 6.07) is 11.8. The largest absolute Gasteiger partial charge is 0.418 e. The summed E-state index contributed by atoms with van der Waals surface area (Å²) in [4.78, 5) is 24.3. The molecule has 7 nitrogen and oxygen atoms in total. The first-order valence-electron chi connectivity index (χ1n) is 8.67. The van der Waals surface area contributed by atoms with Crippen molar-refractivity contribution in [1.82, 2.24) is 15.5 Å². The summed E-state index contributed by atoms with van der Waals surface area (Å²) in [6.07, 6.45) is -4.62. The molecule has 0 fully saturated rings. The SMILES string of the molecule is CC(NC(=O)Nc1ccccc1C(F)(F)F)C(=O)Nc1nnc(-c2ccccc2)s1. The van der Waals surface area contributed by atoms with Crippen LogP contribution in [0.5, 0.6) is 0 Å². The number of nitrogens with zero attached hydrogens (tertiary/aromatic N) is 2. The van der Waals surface area contributed by atoms with Gasteiger partial charge in [0.05, 0.1) is 11.3 Å². The molecule has 0 spiro atoms. The fourth-order valence-electron chi connectivity index (χ4n) is 2.44. The van der Waals surface area contributed by atoms with E-state index in [1.807, 2.05) is 30.3 Å². The van der Waals surface area contributed by atoms with Gasteiger partial charge in [-0.2, -0.15) is 13.2 Å². The van der Waals surface area contributed by atoms with Gasteiger partial charge in [0.1, 0.15) is 11.0 Å². The molecule has 1 aromatic heterocycles. The summed E-state index contributed by atoms with van der Waals surface area (Å²) in [6.45, 7) is 1.39. The van der Waals surface area contributed by atoms with Gasteiger partial charge in [-0.1, -0.05) is 53.8 Å². The second-order valence-corrected chi connectivity index (χ2v) is 7.11. The van der Waals surface area contributed by atoms with Gasteiger partial charge in [-0.15, -0.1) is 10.2 Å². The molecule has 3 amide bonds. The number of halogens is 3. The average molecular weight is 435 g/mol. The number of aromatic nitrogens is 2. The van der Waals surface area contributed by atoms with E-state index in [0.29, 0.717) is 5.01 Å². The Morgan fingerprint density at radius 2 is 1.63 bits per heavy atom. The maximum absolute atomic E-state index is 13.0. The number of rotatable bonds is 5. The zero-order valence-electron chi connectivity index (χ0n) is 15.5. The third kappa shape index (κ3) is 5.32. The number of carbonyl (C=O) groups is 2. The van der Waals surface area contributed by atoms with Crippen molar-refractivity contribution in [2.45, 2.75) is 19.1 Å². The fourth-order valence-corrected chi connectivity index (χ4v) is 3.20. The minimum Gasteiger partial charge on any atom is -0.326 e. The van der Waals surface area contributed by atoms with Gasteiger partial charge in [-0.25, -0.2) is 4.79 Å². The highest BCUT2D eigenvalue weighted by Gasteiger charge is 2.33. The van der Waals surface area contributed by atoms with Crippen LogP contribution in [-0.4, -0.2) is 28.2 Å². The lowest BCUT2D eigenvalue weighted by Gasteiger charge is -2.16. The summed E-state index contributed by atoms with van der Waals surface area (Å²) in [7, 11) is 0. The van der Waals surface area contributed by atoms with Crippen molar-refractivity contribution in [1.29, 1.82) is 0 Å². The molecule has 3 aromatic rings. The molecule has 156 valence electrons. The number of benzene rings is 2. The zero-order valence-corrected chi connectivity index (χ0v) is 16.3. The standard InChI is InChI=1S/C19H16F3N5O2S/c1-11(23-17(29)24-14-10-6-5-9-13(14)19(20,21)22)15(28)25-18-27-26-16(30-18)12-7-3-2-4-8-12/h2-11H,1H3,(H2,23,24,29)(H,25,27,28). The molecule has 3 rings (SSSR count). The molecule has 1 atom stereocenters. The Morgan fingerprint density at radius 3 is 2.33 bits per heavy atom. The number of nitrogens with one attached hydrogen (secondary N) is 3. The van der Waals surface area contributed by atoms with E-state index < -0.39 is 35.4 Å². The third-order valence-corrected chi connectivity index (χ3v) is 4.79. The molecule has 2 aromatic carbocycles. The van der Waals surface area contributed by atoms with Crippen molar-refractivity contribution in [3.63, 3.8) is 0 Å². The van der Waals surface area contributed by atoms with E-state index in [1.165, 1.54) is 19.1 Å². The van der Waals surface area contributed by atoms with Crippen molar-refractivity contribution in [3.05, 3.63) is 60.2 Å². The highest BCUT2D eigenvalue weighted by Crippen LogP contribution is 2.34. The van der Waals surface area contributed by atoms with E-state index in [4.69, 9.17) is 0 Å². The number of hydrogen-bond donors (Lipinski definition) is 3. The van der Waals surface area contributed by atoms with Gasteiger partial charge < -0.3 is 10.6 Å². The summed E-state index contributed by atoms with van der Waals surface area (Å²) in [5.74, 6) is -0.593. The Balaban J connectivity index is 1.59. The summed E-state index contributed by atoms with van der Waals surface area (Å²) >= 11 is 1.15. The first-order valence-corrected chi connectivity index (χ1v) is 9.49. The molecule has 11 heteroatoms. The molecule has 1 heterocycles. The second-order valence-electron chi connectivity index (χ2n) is 6.13. The van der Waals surface area contributed by atoms with Crippen LogP contribution in [0.15, 0.2) is 54.6 Å². The number of alkyl halides is 3. The molecule has 0 aliphatic rings. The van der Waals surface area contributed by atoms with Crippen LogP contribution >= 0.6 is 11.3 Å². The van der Waals surface area contributed by atoms with E-state index in [1.54, 1.807) is 0 Å². The molecule has 30 heavy (non-hydrogen) atoms. The Morgan fingerprint density at radius 1 is 0.967 bits per heavy atom. The van der Waals surface area contributed by atoms with Gasteiger partial charge in [0, 0.05) is 5.56 Å². The predicted octanol–water partition coefficient (Wildman–Crippen LogP) is 4.37.